The standard InChI is InChI=1S/C12H20F2N4O2/c1-16(2)11(20)18-5-3-17(4-6-18)10(19)15-9-7-12(13,14)8-9/h9H,3-8H2,1-2H3,(H,15,19). The third-order valence-electron chi connectivity index (χ3n) is 3.64. The fourth-order valence-electron chi connectivity index (χ4n) is 2.41. The Morgan fingerprint density at radius 2 is 1.60 bits per heavy atom. The van der Waals surface area contributed by atoms with Gasteiger partial charge in [-0.05, 0) is 0 Å². The first-order valence-electron chi connectivity index (χ1n) is 6.68. The van der Waals surface area contributed by atoms with E-state index in [2.05, 4.69) is 5.32 Å². The van der Waals surface area contributed by atoms with Crippen molar-refractivity contribution in [2.24, 2.45) is 0 Å². The molecule has 1 aliphatic heterocycles. The zero-order valence-electron chi connectivity index (χ0n) is 11.7. The summed E-state index contributed by atoms with van der Waals surface area (Å²) in [6.07, 6.45) is -0.560. The van der Waals surface area contributed by atoms with Gasteiger partial charge in [0.15, 0.2) is 0 Å². The molecule has 0 atom stereocenters. The normalized spacial score (nSPS) is 22.2. The second-order valence-electron chi connectivity index (χ2n) is 5.56. The first-order chi connectivity index (χ1) is 9.28. The van der Waals surface area contributed by atoms with Crippen LogP contribution in [-0.2, 0) is 0 Å². The topological polar surface area (TPSA) is 55.9 Å². The lowest BCUT2D eigenvalue weighted by atomic mass is 9.88. The van der Waals surface area contributed by atoms with Gasteiger partial charge in [-0.15, -0.1) is 0 Å². The third-order valence-corrected chi connectivity index (χ3v) is 3.64. The molecule has 2 aliphatic rings. The summed E-state index contributed by atoms with van der Waals surface area (Å²) in [4.78, 5) is 28.3. The van der Waals surface area contributed by atoms with Crippen LogP contribution in [0.25, 0.3) is 0 Å². The van der Waals surface area contributed by atoms with E-state index in [0.717, 1.165) is 0 Å². The number of amides is 4. The summed E-state index contributed by atoms with van der Waals surface area (Å²) in [6.45, 7) is 1.78. The Balaban J connectivity index is 1.74. The van der Waals surface area contributed by atoms with Crippen LogP contribution in [0, 0.1) is 0 Å². The van der Waals surface area contributed by atoms with Gasteiger partial charge in [0.2, 0.25) is 0 Å². The van der Waals surface area contributed by atoms with Crippen LogP contribution in [0.1, 0.15) is 12.8 Å². The minimum atomic E-state index is -2.63. The number of halogens is 2. The van der Waals surface area contributed by atoms with E-state index in [9.17, 15) is 18.4 Å². The highest BCUT2D eigenvalue weighted by atomic mass is 19.3. The van der Waals surface area contributed by atoms with Gasteiger partial charge in [-0.25, -0.2) is 18.4 Å². The highest BCUT2D eigenvalue weighted by Gasteiger charge is 2.46. The molecule has 0 spiro atoms. The van der Waals surface area contributed by atoms with Crippen molar-refractivity contribution in [3.8, 4) is 0 Å². The molecule has 2 rings (SSSR count). The van der Waals surface area contributed by atoms with Gasteiger partial charge in [-0.1, -0.05) is 0 Å². The quantitative estimate of drug-likeness (QED) is 0.776. The maximum absolute atomic E-state index is 12.7. The van der Waals surface area contributed by atoms with E-state index < -0.39 is 12.0 Å². The van der Waals surface area contributed by atoms with Crippen molar-refractivity contribution < 1.29 is 18.4 Å². The number of alkyl halides is 2. The van der Waals surface area contributed by atoms with E-state index in [0.29, 0.717) is 26.2 Å². The predicted molar refractivity (Wildman–Crippen MR) is 68.7 cm³/mol. The van der Waals surface area contributed by atoms with Crippen molar-refractivity contribution in [2.75, 3.05) is 40.3 Å². The zero-order chi connectivity index (χ0) is 14.9. The maximum atomic E-state index is 12.7. The SMILES string of the molecule is CN(C)C(=O)N1CCN(C(=O)NC2CC(F)(F)C2)CC1. The van der Waals surface area contributed by atoms with Crippen molar-refractivity contribution in [2.45, 2.75) is 24.8 Å². The van der Waals surface area contributed by atoms with Gasteiger partial charge in [-0.3, -0.25) is 0 Å². The van der Waals surface area contributed by atoms with Gasteiger partial charge >= 0.3 is 12.1 Å². The van der Waals surface area contributed by atoms with Crippen molar-refractivity contribution in [1.82, 2.24) is 20.0 Å². The molecule has 1 aliphatic carbocycles. The first kappa shape index (κ1) is 14.8. The van der Waals surface area contributed by atoms with Gasteiger partial charge in [0.1, 0.15) is 0 Å². The second-order valence-corrected chi connectivity index (χ2v) is 5.56. The molecular formula is C12H20F2N4O2. The molecule has 1 saturated heterocycles. The smallest absolute Gasteiger partial charge is 0.319 e. The van der Waals surface area contributed by atoms with Crippen LogP contribution in [0.3, 0.4) is 0 Å². The van der Waals surface area contributed by atoms with Crippen molar-refractivity contribution >= 4 is 12.1 Å². The molecule has 0 aromatic rings. The molecule has 1 heterocycles. The highest BCUT2D eigenvalue weighted by molar-refractivity contribution is 5.76. The van der Waals surface area contributed by atoms with Crippen LogP contribution in [0.4, 0.5) is 18.4 Å². The predicted octanol–water partition coefficient (Wildman–Crippen LogP) is 0.793. The highest BCUT2D eigenvalue weighted by Crippen LogP contribution is 2.37. The van der Waals surface area contributed by atoms with Crippen LogP contribution in [-0.4, -0.2) is 79.0 Å². The Kier molecular flexibility index (Phi) is 4.01. The summed E-state index contributed by atoms with van der Waals surface area (Å²) in [5.41, 5.74) is 0. The maximum Gasteiger partial charge on any atom is 0.319 e. The summed E-state index contributed by atoms with van der Waals surface area (Å²) < 4.78 is 25.4. The van der Waals surface area contributed by atoms with Gasteiger partial charge in [0.25, 0.3) is 5.92 Å². The van der Waals surface area contributed by atoms with E-state index in [4.69, 9.17) is 0 Å². The Morgan fingerprint density at radius 1 is 1.10 bits per heavy atom. The average molecular weight is 290 g/mol. The minimum absolute atomic E-state index is 0.0799. The van der Waals surface area contributed by atoms with E-state index in [1.54, 1.807) is 23.9 Å². The molecule has 4 amide bonds. The fourth-order valence-corrected chi connectivity index (χ4v) is 2.41. The van der Waals surface area contributed by atoms with Crippen LogP contribution in [0.15, 0.2) is 0 Å². The number of urea groups is 2. The lowest BCUT2D eigenvalue weighted by molar-refractivity contribution is -0.0904. The Labute approximate surface area is 116 Å². The number of hydrogen-bond acceptors (Lipinski definition) is 2. The molecular weight excluding hydrogens is 270 g/mol. The summed E-state index contributed by atoms with van der Waals surface area (Å²) >= 11 is 0. The number of carbonyl (C=O) groups excluding carboxylic acids is 2. The molecule has 114 valence electrons. The Morgan fingerprint density at radius 3 is 2.05 bits per heavy atom. The summed E-state index contributed by atoms with van der Waals surface area (Å²) in [5, 5.41) is 2.60. The van der Waals surface area contributed by atoms with Gasteiger partial charge in [0.05, 0.1) is 0 Å². The lowest BCUT2D eigenvalue weighted by Gasteiger charge is -2.39. The molecule has 6 nitrogen and oxygen atoms in total. The molecule has 0 unspecified atom stereocenters. The van der Waals surface area contributed by atoms with Crippen LogP contribution in [0.5, 0.6) is 0 Å². The molecule has 0 aromatic heterocycles. The molecule has 1 saturated carbocycles. The number of nitrogens with zero attached hydrogens (tertiary/aromatic N) is 3. The molecule has 0 bridgehead atoms. The second kappa shape index (κ2) is 5.41. The number of carbonyl (C=O) groups is 2. The number of rotatable bonds is 1. The number of nitrogens with one attached hydrogen (secondary N) is 1. The van der Waals surface area contributed by atoms with E-state index in [-0.39, 0.29) is 24.9 Å². The summed E-state index contributed by atoms with van der Waals surface area (Å²) in [6, 6.07) is -0.829. The zero-order valence-corrected chi connectivity index (χ0v) is 11.7. The van der Waals surface area contributed by atoms with Crippen LogP contribution in [0.2, 0.25) is 0 Å². The number of hydrogen-bond donors (Lipinski definition) is 1. The first-order valence-corrected chi connectivity index (χ1v) is 6.68. The Hall–Kier alpha value is -1.60. The van der Waals surface area contributed by atoms with E-state index in [1.165, 1.54) is 4.90 Å². The molecule has 20 heavy (non-hydrogen) atoms. The lowest BCUT2D eigenvalue weighted by Crippen LogP contribution is -2.58. The minimum Gasteiger partial charge on any atom is -0.335 e. The fraction of sp³-hybridized carbons (Fsp3) is 0.833. The van der Waals surface area contributed by atoms with E-state index in [1.807, 2.05) is 0 Å². The largest absolute Gasteiger partial charge is 0.335 e. The Bertz CT molecular complexity index is 387. The molecule has 2 fully saturated rings. The monoisotopic (exact) mass is 290 g/mol. The molecule has 1 N–H and O–H groups in total. The van der Waals surface area contributed by atoms with E-state index >= 15 is 0 Å². The van der Waals surface area contributed by atoms with Crippen molar-refractivity contribution in [1.29, 1.82) is 0 Å². The van der Waals surface area contributed by atoms with Crippen LogP contribution >= 0.6 is 0 Å². The molecule has 0 radical (unpaired) electrons. The summed E-state index contributed by atoms with van der Waals surface area (Å²) in [5.74, 6) is -2.63. The number of piperazine rings is 1. The van der Waals surface area contributed by atoms with Crippen molar-refractivity contribution in [3.63, 3.8) is 0 Å². The van der Waals surface area contributed by atoms with Crippen molar-refractivity contribution in [3.05, 3.63) is 0 Å². The van der Waals surface area contributed by atoms with Gasteiger partial charge < -0.3 is 20.0 Å². The average Bonchev–Trinajstić information content (AvgIpc) is 2.35. The van der Waals surface area contributed by atoms with Gasteiger partial charge in [-0.2, -0.15) is 0 Å². The summed E-state index contributed by atoms with van der Waals surface area (Å²) in [7, 11) is 3.36. The third kappa shape index (κ3) is 3.29. The van der Waals surface area contributed by atoms with Crippen LogP contribution < -0.4 is 5.32 Å². The van der Waals surface area contributed by atoms with Gasteiger partial charge in [0, 0.05) is 59.2 Å². The molecule has 8 heteroatoms. The molecule has 0 aromatic carbocycles.